The molecule has 0 spiro atoms. The van der Waals surface area contributed by atoms with Crippen LogP contribution in [-0.2, 0) is 6.54 Å². The van der Waals surface area contributed by atoms with E-state index in [-0.39, 0.29) is 6.04 Å². The number of imidazole rings is 1. The minimum Gasteiger partial charge on any atom is -0.447 e. The monoisotopic (exact) mass is 270 g/mol. The Hall–Kier alpha value is -2.14. The zero-order valence-electron chi connectivity index (χ0n) is 11.7. The highest BCUT2D eigenvalue weighted by atomic mass is 16.3. The quantitative estimate of drug-likeness (QED) is 0.774. The lowest BCUT2D eigenvalue weighted by atomic mass is 10.3. The maximum atomic E-state index is 5.28. The second-order valence-corrected chi connectivity index (χ2v) is 4.85. The first-order valence-corrected chi connectivity index (χ1v) is 6.80. The molecule has 1 unspecified atom stereocenters. The fourth-order valence-corrected chi connectivity index (χ4v) is 2.41. The Balaban J connectivity index is 1.67. The second-order valence-electron chi connectivity index (χ2n) is 4.85. The van der Waals surface area contributed by atoms with Gasteiger partial charge in [0.2, 0.25) is 5.89 Å². The third-order valence-electron chi connectivity index (χ3n) is 3.45. The highest BCUT2D eigenvalue weighted by molar-refractivity contribution is 5.75. The van der Waals surface area contributed by atoms with E-state index in [0.717, 1.165) is 30.3 Å². The van der Waals surface area contributed by atoms with Gasteiger partial charge in [0.15, 0.2) is 0 Å². The van der Waals surface area contributed by atoms with Crippen LogP contribution >= 0.6 is 0 Å². The van der Waals surface area contributed by atoms with E-state index >= 15 is 0 Å². The molecule has 2 aromatic heterocycles. The lowest BCUT2D eigenvalue weighted by Crippen LogP contribution is -2.23. The number of aryl methyl sites for hydroxylation is 1. The summed E-state index contributed by atoms with van der Waals surface area (Å²) in [6.45, 7) is 5.80. The van der Waals surface area contributed by atoms with Crippen LogP contribution in [0.3, 0.4) is 0 Å². The van der Waals surface area contributed by atoms with Crippen molar-refractivity contribution in [1.82, 2.24) is 19.9 Å². The summed E-state index contributed by atoms with van der Waals surface area (Å²) in [5, 5.41) is 3.41. The zero-order valence-corrected chi connectivity index (χ0v) is 11.7. The summed E-state index contributed by atoms with van der Waals surface area (Å²) in [6, 6.07) is 8.32. The molecule has 1 N–H and O–H groups in total. The Kier molecular flexibility index (Phi) is 3.52. The molecule has 2 heterocycles. The highest BCUT2D eigenvalue weighted by Gasteiger charge is 2.10. The fraction of sp³-hybridized carbons (Fsp3) is 0.333. The predicted octanol–water partition coefficient (Wildman–Crippen LogP) is 2.68. The topological polar surface area (TPSA) is 55.9 Å². The number of oxazole rings is 1. The number of hydrogen-bond donors (Lipinski definition) is 1. The summed E-state index contributed by atoms with van der Waals surface area (Å²) >= 11 is 0. The number of nitrogens with one attached hydrogen (secondary N) is 1. The predicted molar refractivity (Wildman–Crippen MR) is 77.4 cm³/mol. The van der Waals surface area contributed by atoms with E-state index in [9.17, 15) is 0 Å². The minimum atomic E-state index is 0.111. The number of fused-ring (bicyclic) bond motifs is 1. The van der Waals surface area contributed by atoms with E-state index in [2.05, 4.69) is 25.9 Å². The first-order valence-electron chi connectivity index (χ1n) is 6.80. The van der Waals surface area contributed by atoms with Crippen molar-refractivity contribution in [2.24, 2.45) is 0 Å². The molecule has 1 atom stereocenters. The number of aromatic nitrogens is 3. The van der Waals surface area contributed by atoms with Crippen LogP contribution in [0.4, 0.5) is 0 Å². The van der Waals surface area contributed by atoms with E-state index in [1.54, 1.807) is 12.5 Å². The van der Waals surface area contributed by atoms with Gasteiger partial charge in [0.1, 0.15) is 12.1 Å². The van der Waals surface area contributed by atoms with Crippen molar-refractivity contribution in [2.45, 2.75) is 26.4 Å². The molecule has 0 aliphatic heterocycles. The van der Waals surface area contributed by atoms with Crippen LogP contribution in [0.5, 0.6) is 0 Å². The summed E-state index contributed by atoms with van der Waals surface area (Å²) in [7, 11) is 0. The number of para-hydroxylation sites is 2. The van der Waals surface area contributed by atoms with Gasteiger partial charge in [-0.05, 0) is 26.0 Å². The van der Waals surface area contributed by atoms with Gasteiger partial charge in [-0.3, -0.25) is 0 Å². The van der Waals surface area contributed by atoms with Gasteiger partial charge < -0.3 is 14.3 Å². The Morgan fingerprint density at radius 1 is 1.35 bits per heavy atom. The lowest BCUT2D eigenvalue weighted by molar-refractivity contribution is 0.410. The molecule has 0 radical (unpaired) electrons. The molecule has 0 amide bonds. The molecular weight excluding hydrogens is 252 g/mol. The summed E-state index contributed by atoms with van der Waals surface area (Å²) in [5.41, 5.74) is 2.22. The van der Waals surface area contributed by atoms with Crippen molar-refractivity contribution in [3.63, 3.8) is 0 Å². The van der Waals surface area contributed by atoms with Gasteiger partial charge >= 0.3 is 0 Å². The molecule has 20 heavy (non-hydrogen) atoms. The fourth-order valence-electron chi connectivity index (χ4n) is 2.41. The SMILES string of the molecule is Cc1nc2ccccc2n1CCNC(C)c1ncco1. The third kappa shape index (κ3) is 2.44. The van der Waals surface area contributed by atoms with Crippen LogP contribution in [0.1, 0.15) is 24.7 Å². The van der Waals surface area contributed by atoms with Gasteiger partial charge in [0.25, 0.3) is 0 Å². The molecule has 0 saturated carbocycles. The van der Waals surface area contributed by atoms with Crippen molar-refractivity contribution < 1.29 is 4.42 Å². The molecule has 3 rings (SSSR count). The number of rotatable bonds is 5. The van der Waals surface area contributed by atoms with Crippen molar-refractivity contribution in [2.75, 3.05) is 6.54 Å². The Morgan fingerprint density at radius 2 is 2.20 bits per heavy atom. The molecule has 5 heteroatoms. The molecule has 1 aromatic carbocycles. The van der Waals surface area contributed by atoms with Gasteiger partial charge in [0.05, 0.1) is 23.3 Å². The van der Waals surface area contributed by atoms with Crippen LogP contribution in [0.15, 0.2) is 41.1 Å². The normalized spacial score (nSPS) is 12.9. The standard InChI is InChI=1S/C15H18N4O/c1-11(15-17-8-10-20-15)16-7-9-19-12(2)18-13-5-3-4-6-14(13)19/h3-6,8,10-11,16H,7,9H2,1-2H3. The summed E-state index contributed by atoms with van der Waals surface area (Å²) < 4.78 is 7.51. The average Bonchev–Trinajstić information content (AvgIpc) is 3.07. The first-order chi connectivity index (χ1) is 9.75. The molecular formula is C15H18N4O. The van der Waals surface area contributed by atoms with Gasteiger partial charge in [-0.25, -0.2) is 9.97 Å². The Morgan fingerprint density at radius 3 is 3.00 bits per heavy atom. The Labute approximate surface area is 117 Å². The molecule has 0 aliphatic rings. The van der Waals surface area contributed by atoms with Gasteiger partial charge in [0, 0.05) is 13.1 Å². The van der Waals surface area contributed by atoms with Crippen molar-refractivity contribution in [3.05, 3.63) is 48.4 Å². The average molecular weight is 270 g/mol. The van der Waals surface area contributed by atoms with E-state index in [1.165, 1.54) is 5.52 Å². The molecule has 3 aromatic rings. The maximum Gasteiger partial charge on any atom is 0.210 e. The van der Waals surface area contributed by atoms with E-state index < -0.39 is 0 Å². The third-order valence-corrected chi connectivity index (χ3v) is 3.45. The lowest BCUT2D eigenvalue weighted by Gasteiger charge is -2.12. The highest BCUT2D eigenvalue weighted by Crippen LogP contribution is 2.15. The van der Waals surface area contributed by atoms with Crippen LogP contribution < -0.4 is 5.32 Å². The van der Waals surface area contributed by atoms with E-state index in [1.807, 2.05) is 32.0 Å². The van der Waals surface area contributed by atoms with E-state index in [4.69, 9.17) is 4.42 Å². The summed E-state index contributed by atoms with van der Waals surface area (Å²) in [5.74, 6) is 1.76. The van der Waals surface area contributed by atoms with E-state index in [0.29, 0.717) is 0 Å². The molecule has 0 fully saturated rings. The first kappa shape index (κ1) is 12.9. The van der Waals surface area contributed by atoms with Gasteiger partial charge in [-0.15, -0.1) is 0 Å². The summed E-state index contributed by atoms with van der Waals surface area (Å²) in [6.07, 6.45) is 3.27. The van der Waals surface area contributed by atoms with Crippen LogP contribution in [-0.4, -0.2) is 21.1 Å². The Bertz CT molecular complexity index is 687. The van der Waals surface area contributed by atoms with Crippen molar-refractivity contribution in [1.29, 1.82) is 0 Å². The second kappa shape index (κ2) is 5.46. The van der Waals surface area contributed by atoms with Gasteiger partial charge in [-0.1, -0.05) is 12.1 Å². The van der Waals surface area contributed by atoms with Gasteiger partial charge in [-0.2, -0.15) is 0 Å². The van der Waals surface area contributed by atoms with Crippen molar-refractivity contribution in [3.8, 4) is 0 Å². The largest absolute Gasteiger partial charge is 0.447 e. The van der Waals surface area contributed by atoms with Crippen LogP contribution in [0.25, 0.3) is 11.0 Å². The van der Waals surface area contributed by atoms with Crippen LogP contribution in [0, 0.1) is 6.92 Å². The number of hydrogen-bond acceptors (Lipinski definition) is 4. The number of benzene rings is 1. The molecule has 5 nitrogen and oxygen atoms in total. The zero-order chi connectivity index (χ0) is 13.9. The summed E-state index contributed by atoms with van der Waals surface area (Å²) in [4.78, 5) is 8.72. The minimum absolute atomic E-state index is 0.111. The van der Waals surface area contributed by atoms with Crippen molar-refractivity contribution >= 4 is 11.0 Å². The maximum absolute atomic E-state index is 5.28. The molecule has 0 bridgehead atoms. The smallest absolute Gasteiger partial charge is 0.210 e. The molecule has 0 saturated heterocycles. The molecule has 104 valence electrons. The van der Waals surface area contributed by atoms with Crippen LogP contribution in [0.2, 0.25) is 0 Å². The molecule has 0 aliphatic carbocycles. The number of nitrogens with zero attached hydrogens (tertiary/aromatic N) is 3.